The van der Waals surface area contributed by atoms with E-state index in [0.717, 1.165) is 12.8 Å². The Kier molecular flexibility index (Phi) is 1.65. The second-order valence-corrected chi connectivity index (χ2v) is 4.87. The van der Waals surface area contributed by atoms with Crippen molar-refractivity contribution in [3.8, 4) is 0 Å². The lowest BCUT2D eigenvalue weighted by Crippen LogP contribution is -2.48. The van der Waals surface area contributed by atoms with Crippen molar-refractivity contribution in [2.24, 2.45) is 5.92 Å². The number of rotatable bonds is 0. The molecule has 0 amide bonds. The first-order valence-corrected chi connectivity index (χ1v) is 4.92. The van der Waals surface area contributed by atoms with E-state index in [2.05, 4.69) is 6.92 Å². The van der Waals surface area contributed by atoms with E-state index in [4.69, 9.17) is 9.47 Å². The normalized spacial score (nSPS) is 61.2. The lowest BCUT2D eigenvalue weighted by molar-refractivity contribution is -0.250. The van der Waals surface area contributed by atoms with Gasteiger partial charge in [0.2, 0.25) is 0 Å². The minimum absolute atomic E-state index is 0.342. The summed E-state index contributed by atoms with van der Waals surface area (Å²) >= 11 is 0. The number of hydrogen-bond donors (Lipinski definition) is 1. The van der Waals surface area contributed by atoms with E-state index in [1.54, 1.807) is 6.92 Å². The molecule has 0 unspecified atom stereocenters. The lowest BCUT2D eigenvalue weighted by Gasteiger charge is -2.38. The fourth-order valence-electron chi connectivity index (χ4n) is 2.30. The third kappa shape index (κ3) is 1.07. The highest BCUT2D eigenvalue weighted by atomic mass is 16.8. The smallest absolute Gasteiger partial charge is 0.195 e. The Morgan fingerprint density at radius 1 is 1.23 bits per heavy atom. The van der Waals surface area contributed by atoms with E-state index in [1.807, 2.05) is 13.8 Å². The number of aliphatic hydroxyl groups is 1. The van der Waals surface area contributed by atoms with E-state index >= 15 is 0 Å². The van der Waals surface area contributed by atoms with Gasteiger partial charge in [-0.3, -0.25) is 0 Å². The molecule has 0 aromatic heterocycles. The average Bonchev–Trinajstić information content (AvgIpc) is 2.10. The Morgan fingerprint density at radius 3 is 2.38 bits per heavy atom. The van der Waals surface area contributed by atoms with Crippen molar-refractivity contribution in [1.82, 2.24) is 0 Å². The number of ether oxygens (including phenoxy) is 2. The minimum Gasteiger partial charge on any atom is -0.363 e. The van der Waals surface area contributed by atoms with Crippen LogP contribution in [0.1, 0.15) is 40.5 Å². The molecular weight excluding hydrogens is 168 g/mol. The van der Waals surface area contributed by atoms with Crippen LogP contribution in [0.15, 0.2) is 0 Å². The number of fused-ring (bicyclic) bond motifs is 2. The molecule has 1 N–H and O–H groups in total. The first kappa shape index (κ1) is 9.44. The molecule has 0 aliphatic carbocycles. The van der Waals surface area contributed by atoms with Crippen LogP contribution in [-0.2, 0) is 9.47 Å². The van der Waals surface area contributed by atoms with Gasteiger partial charge in [-0.15, -0.1) is 0 Å². The van der Waals surface area contributed by atoms with Crippen LogP contribution in [0, 0.1) is 5.92 Å². The predicted octanol–water partition coefficient (Wildman–Crippen LogP) is 1.65. The van der Waals surface area contributed by atoms with Crippen LogP contribution < -0.4 is 0 Å². The van der Waals surface area contributed by atoms with Crippen molar-refractivity contribution >= 4 is 0 Å². The summed E-state index contributed by atoms with van der Waals surface area (Å²) in [4.78, 5) is 0. The van der Waals surface area contributed by atoms with Crippen molar-refractivity contribution in [2.75, 3.05) is 0 Å². The standard InChI is InChI=1S/C10H18O3/c1-7-5-6-8(2)10(4,11)13-9(7,3)12-8/h7,11H,5-6H2,1-4H3/t7-,8+,9-,10+/m0/s1. The summed E-state index contributed by atoms with van der Waals surface area (Å²) < 4.78 is 11.4. The van der Waals surface area contributed by atoms with Gasteiger partial charge in [-0.2, -0.15) is 0 Å². The fourth-order valence-corrected chi connectivity index (χ4v) is 2.30. The summed E-state index contributed by atoms with van der Waals surface area (Å²) in [6, 6.07) is 0. The summed E-state index contributed by atoms with van der Waals surface area (Å²) in [5.41, 5.74) is -0.533. The van der Waals surface area contributed by atoms with Gasteiger partial charge in [0.25, 0.3) is 0 Å². The van der Waals surface area contributed by atoms with Gasteiger partial charge in [-0.1, -0.05) is 6.92 Å². The van der Waals surface area contributed by atoms with Crippen LogP contribution in [0.25, 0.3) is 0 Å². The molecule has 3 nitrogen and oxygen atoms in total. The molecule has 2 aliphatic heterocycles. The van der Waals surface area contributed by atoms with Crippen molar-refractivity contribution in [3.63, 3.8) is 0 Å². The Bertz CT molecular complexity index is 234. The topological polar surface area (TPSA) is 38.7 Å². The van der Waals surface area contributed by atoms with Crippen LogP contribution in [0.2, 0.25) is 0 Å². The highest BCUT2D eigenvalue weighted by molar-refractivity contribution is 5.02. The van der Waals surface area contributed by atoms with Gasteiger partial charge in [0.15, 0.2) is 11.6 Å². The SMILES string of the molecule is C[C@H]1CC[C@@]2(C)O[C@@]1(C)O[C@@]2(C)O. The minimum atomic E-state index is -1.15. The predicted molar refractivity (Wildman–Crippen MR) is 48.0 cm³/mol. The van der Waals surface area contributed by atoms with E-state index < -0.39 is 17.2 Å². The molecule has 2 bridgehead atoms. The molecule has 2 rings (SSSR count). The molecule has 76 valence electrons. The molecule has 2 heterocycles. The van der Waals surface area contributed by atoms with Gasteiger partial charge in [0.1, 0.15) is 5.60 Å². The summed E-state index contributed by atoms with van der Waals surface area (Å²) in [5, 5.41) is 10.1. The zero-order valence-electron chi connectivity index (χ0n) is 8.76. The van der Waals surface area contributed by atoms with E-state index in [0.29, 0.717) is 5.92 Å². The largest absolute Gasteiger partial charge is 0.363 e. The lowest BCUT2D eigenvalue weighted by atomic mass is 9.84. The summed E-state index contributed by atoms with van der Waals surface area (Å²) in [6.45, 7) is 7.62. The van der Waals surface area contributed by atoms with Crippen molar-refractivity contribution in [1.29, 1.82) is 0 Å². The molecular formula is C10H18O3. The first-order chi connectivity index (χ1) is 5.79. The Balaban J connectivity index is 2.37. The summed E-state index contributed by atoms with van der Waals surface area (Å²) in [7, 11) is 0. The first-order valence-electron chi connectivity index (χ1n) is 4.92. The molecule has 0 radical (unpaired) electrons. The zero-order valence-corrected chi connectivity index (χ0v) is 8.76. The van der Waals surface area contributed by atoms with E-state index in [1.165, 1.54) is 0 Å². The van der Waals surface area contributed by atoms with Crippen LogP contribution in [0.3, 0.4) is 0 Å². The second-order valence-electron chi connectivity index (χ2n) is 4.87. The molecule has 2 aliphatic rings. The molecule has 3 heteroatoms. The van der Waals surface area contributed by atoms with Crippen LogP contribution in [-0.4, -0.2) is 22.3 Å². The van der Waals surface area contributed by atoms with Crippen molar-refractivity contribution in [3.05, 3.63) is 0 Å². The molecule has 0 aromatic carbocycles. The van der Waals surface area contributed by atoms with Crippen LogP contribution in [0.4, 0.5) is 0 Å². The summed E-state index contributed by atoms with van der Waals surface area (Å²) in [6.07, 6.45) is 1.90. The second kappa shape index (κ2) is 2.27. The van der Waals surface area contributed by atoms with Crippen LogP contribution in [0.5, 0.6) is 0 Å². The molecule has 0 saturated carbocycles. The average molecular weight is 186 g/mol. The fraction of sp³-hybridized carbons (Fsp3) is 1.00. The van der Waals surface area contributed by atoms with Gasteiger partial charge in [0.05, 0.1) is 0 Å². The van der Waals surface area contributed by atoms with Gasteiger partial charge in [0, 0.05) is 5.92 Å². The molecule has 0 aromatic rings. The van der Waals surface area contributed by atoms with Gasteiger partial charge >= 0.3 is 0 Å². The molecule has 4 atom stereocenters. The highest BCUT2D eigenvalue weighted by Gasteiger charge is 2.63. The van der Waals surface area contributed by atoms with Crippen LogP contribution >= 0.6 is 0 Å². The quantitative estimate of drug-likeness (QED) is 0.625. The maximum absolute atomic E-state index is 10.1. The molecule has 0 spiro atoms. The third-order valence-electron chi connectivity index (χ3n) is 3.76. The Morgan fingerprint density at radius 2 is 1.85 bits per heavy atom. The van der Waals surface area contributed by atoms with Gasteiger partial charge in [-0.25, -0.2) is 0 Å². The highest BCUT2D eigenvalue weighted by Crippen LogP contribution is 2.53. The summed E-state index contributed by atoms with van der Waals surface area (Å²) in [5.74, 6) is -1.40. The van der Waals surface area contributed by atoms with E-state index in [-0.39, 0.29) is 0 Å². The zero-order chi connectivity index (χ0) is 9.91. The van der Waals surface area contributed by atoms with Crippen molar-refractivity contribution in [2.45, 2.75) is 57.7 Å². The molecule has 13 heavy (non-hydrogen) atoms. The third-order valence-corrected chi connectivity index (χ3v) is 3.76. The molecule has 2 fully saturated rings. The monoisotopic (exact) mass is 186 g/mol. The molecule has 2 saturated heterocycles. The Labute approximate surface area is 79.0 Å². The van der Waals surface area contributed by atoms with Gasteiger partial charge in [-0.05, 0) is 33.6 Å². The van der Waals surface area contributed by atoms with E-state index in [9.17, 15) is 5.11 Å². The Hall–Kier alpha value is -0.120. The number of hydrogen-bond acceptors (Lipinski definition) is 3. The maximum atomic E-state index is 10.1. The maximum Gasteiger partial charge on any atom is 0.195 e. The van der Waals surface area contributed by atoms with Crippen molar-refractivity contribution < 1.29 is 14.6 Å². The van der Waals surface area contributed by atoms with Gasteiger partial charge < -0.3 is 14.6 Å².